The van der Waals surface area contributed by atoms with Gasteiger partial charge >= 0.3 is 0 Å². The molecule has 0 aromatic heterocycles. The second-order valence-electron chi connectivity index (χ2n) is 5.90. The summed E-state index contributed by atoms with van der Waals surface area (Å²) in [6, 6.07) is 0. The minimum absolute atomic E-state index is 0.264. The van der Waals surface area contributed by atoms with Gasteiger partial charge in [0.05, 0.1) is 0 Å². The molecule has 3 heteroatoms. The van der Waals surface area contributed by atoms with Gasteiger partial charge in [0.25, 0.3) is 0 Å². The van der Waals surface area contributed by atoms with Crippen molar-refractivity contribution in [2.75, 3.05) is 0 Å². The fraction of sp³-hybridized carbons (Fsp3) is 0.909. The van der Waals surface area contributed by atoms with Gasteiger partial charge in [-0.2, -0.15) is 0 Å². The first kappa shape index (κ1) is 7.51. The first-order chi connectivity index (χ1) is 6.64. The summed E-state index contributed by atoms with van der Waals surface area (Å²) < 4.78 is -0.541. The number of alkyl halides is 2. The van der Waals surface area contributed by atoms with Crippen LogP contribution in [0.2, 0.25) is 0 Å². The van der Waals surface area contributed by atoms with Crippen LogP contribution in [-0.4, -0.2) is 10.1 Å². The van der Waals surface area contributed by atoms with E-state index in [-0.39, 0.29) is 11.8 Å². The van der Waals surface area contributed by atoms with E-state index in [0.717, 1.165) is 5.92 Å². The SMILES string of the molecule is O=C1[C@@H]2[C@H]3C[C@@H]4[C@H]5[C@@H]3[C@H]1[C@@H]5C(Cl)(Cl)[C@H]42. The maximum atomic E-state index is 12.1. The molecule has 74 valence electrons. The van der Waals surface area contributed by atoms with E-state index in [0.29, 0.717) is 35.4 Å². The molecule has 5 saturated carbocycles. The Morgan fingerprint density at radius 2 is 1.86 bits per heavy atom. The molecule has 0 amide bonds. The lowest BCUT2D eigenvalue weighted by Gasteiger charge is -2.47. The lowest BCUT2D eigenvalue weighted by molar-refractivity contribution is -0.133. The van der Waals surface area contributed by atoms with Gasteiger partial charge in [-0.3, -0.25) is 4.79 Å². The zero-order valence-electron chi connectivity index (χ0n) is 7.49. The van der Waals surface area contributed by atoms with E-state index in [2.05, 4.69) is 0 Å². The molecular formula is C11H10Cl2O. The summed E-state index contributed by atoms with van der Waals surface area (Å²) in [5.41, 5.74) is 0. The van der Waals surface area contributed by atoms with E-state index in [4.69, 9.17) is 23.2 Å². The highest BCUT2D eigenvalue weighted by atomic mass is 35.5. The van der Waals surface area contributed by atoms with Crippen molar-refractivity contribution >= 4 is 29.0 Å². The molecule has 14 heavy (non-hydrogen) atoms. The van der Waals surface area contributed by atoms with Gasteiger partial charge in [0.2, 0.25) is 0 Å². The van der Waals surface area contributed by atoms with Crippen molar-refractivity contribution < 1.29 is 4.79 Å². The number of halogens is 2. The Labute approximate surface area is 92.1 Å². The van der Waals surface area contributed by atoms with Gasteiger partial charge in [-0.15, -0.1) is 23.2 Å². The molecule has 0 N–H and O–H groups in total. The predicted octanol–water partition coefficient (Wildman–Crippen LogP) is 2.12. The summed E-state index contributed by atoms with van der Waals surface area (Å²) in [6.07, 6.45) is 1.25. The van der Waals surface area contributed by atoms with Crippen molar-refractivity contribution in [3.63, 3.8) is 0 Å². The van der Waals surface area contributed by atoms with E-state index in [9.17, 15) is 4.79 Å². The van der Waals surface area contributed by atoms with Crippen LogP contribution >= 0.6 is 23.2 Å². The number of rotatable bonds is 0. The van der Waals surface area contributed by atoms with Crippen LogP contribution in [0.25, 0.3) is 0 Å². The predicted molar refractivity (Wildman–Crippen MR) is 52.0 cm³/mol. The first-order valence-electron chi connectivity index (χ1n) is 5.55. The zero-order valence-corrected chi connectivity index (χ0v) is 9.00. The molecule has 0 unspecified atom stereocenters. The van der Waals surface area contributed by atoms with Crippen LogP contribution in [0, 0.1) is 47.3 Å². The second kappa shape index (κ2) is 1.69. The molecule has 8 atom stereocenters. The normalized spacial score (nSPS) is 73.4. The Balaban J connectivity index is 1.87. The molecule has 5 fully saturated rings. The minimum atomic E-state index is -0.541. The molecule has 0 heterocycles. The molecular weight excluding hydrogens is 219 g/mol. The lowest BCUT2D eigenvalue weighted by Crippen LogP contribution is -2.52. The van der Waals surface area contributed by atoms with E-state index in [1.807, 2.05) is 0 Å². The van der Waals surface area contributed by atoms with Crippen LogP contribution in [0.5, 0.6) is 0 Å². The fourth-order valence-corrected chi connectivity index (χ4v) is 7.23. The van der Waals surface area contributed by atoms with E-state index >= 15 is 0 Å². The molecule has 0 radical (unpaired) electrons. The molecule has 0 saturated heterocycles. The van der Waals surface area contributed by atoms with E-state index < -0.39 is 4.33 Å². The standard InChI is InChI=1S/C11H10Cl2O/c12-11(13)8-3-1-2-4-5(3)9(11)7(4)10(14)6(2)8/h2-9H,1H2/t2-,3+,4+,5-,6+,7-,8+,9+/m0/s1. The number of carbonyl (C=O) groups excluding carboxylic acids is 1. The quantitative estimate of drug-likeness (QED) is 0.581. The van der Waals surface area contributed by atoms with Crippen molar-refractivity contribution in [2.45, 2.75) is 10.8 Å². The minimum Gasteiger partial charge on any atom is -0.299 e. The van der Waals surface area contributed by atoms with Crippen molar-refractivity contribution in [2.24, 2.45) is 47.3 Å². The average Bonchev–Trinajstić information content (AvgIpc) is 2.52. The van der Waals surface area contributed by atoms with Gasteiger partial charge in [0, 0.05) is 23.7 Å². The number of carbonyl (C=O) groups is 1. The number of fused-ring (bicyclic) bond motifs is 2. The monoisotopic (exact) mass is 228 g/mol. The lowest BCUT2D eigenvalue weighted by atomic mass is 9.59. The third kappa shape index (κ3) is 0.427. The maximum Gasteiger partial charge on any atom is 0.140 e. The topological polar surface area (TPSA) is 17.1 Å². The van der Waals surface area contributed by atoms with Gasteiger partial charge < -0.3 is 0 Å². The molecule has 5 aliphatic carbocycles. The van der Waals surface area contributed by atoms with E-state index in [1.54, 1.807) is 0 Å². The van der Waals surface area contributed by atoms with Gasteiger partial charge in [-0.1, -0.05) is 0 Å². The summed E-state index contributed by atoms with van der Waals surface area (Å²) in [5.74, 6) is 4.55. The summed E-state index contributed by atoms with van der Waals surface area (Å²) >= 11 is 13.0. The Bertz CT molecular complexity index is 391. The fourth-order valence-electron chi connectivity index (χ4n) is 6.07. The molecule has 0 aliphatic heterocycles. The molecule has 0 aromatic carbocycles. The Morgan fingerprint density at radius 3 is 2.64 bits per heavy atom. The van der Waals surface area contributed by atoms with Crippen LogP contribution < -0.4 is 0 Å². The zero-order chi connectivity index (χ0) is 9.40. The third-order valence-electron chi connectivity index (χ3n) is 6.05. The summed E-state index contributed by atoms with van der Waals surface area (Å²) in [7, 11) is 0. The molecule has 5 aliphatic rings. The molecule has 5 rings (SSSR count). The smallest absolute Gasteiger partial charge is 0.140 e. The number of ketones is 1. The largest absolute Gasteiger partial charge is 0.299 e. The van der Waals surface area contributed by atoms with Crippen LogP contribution in [0.1, 0.15) is 6.42 Å². The van der Waals surface area contributed by atoms with Crippen LogP contribution in [0.3, 0.4) is 0 Å². The molecule has 1 nitrogen and oxygen atoms in total. The first-order valence-corrected chi connectivity index (χ1v) is 6.31. The van der Waals surface area contributed by atoms with Crippen LogP contribution in [-0.2, 0) is 4.79 Å². The third-order valence-corrected chi connectivity index (χ3v) is 7.06. The summed E-state index contributed by atoms with van der Waals surface area (Å²) in [4.78, 5) is 12.1. The second-order valence-corrected chi connectivity index (χ2v) is 7.34. The average molecular weight is 229 g/mol. The summed E-state index contributed by atoms with van der Waals surface area (Å²) in [5, 5.41) is 0. The highest BCUT2D eigenvalue weighted by molar-refractivity contribution is 6.49. The van der Waals surface area contributed by atoms with Gasteiger partial charge in [-0.05, 0) is 30.1 Å². The van der Waals surface area contributed by atoms with Gasteiger partial charge in [-0.25, -0.2) is 0 Å². The number of hydrogen-bond acceptors (Lipinski definition) is 1. The molecule has 0 aromatic rings. The van der Waals surface area contributed by atoms with Crippen molar-refractivity contribution in [3.8, 4) is 0 Å². The van der Waals surface area contributed by atoms with Crippen molar-refractivity contribution in [1.29, 1.82) is 0 Å². The van der Waals surface area contributed by atoms with Gasteiger partial charge in [0.1, 0.15) is 10.1 Å². The number of Topliss-reactive ketones (excluding diaryl/α,β-unsaturated/α-hetero) is 1. The Kier molecular flexibility index (Phi) is 0.909. The Hall–Kier alpha value is 0.250. The molecule has 2 bridgehead atoms. The summed E-state index contributed by atoms with van der Waals surface area (Å²) in [6.45, 7) is 0. The van der Waals surface area contributed by atoms with Crippen LogP contribution in [0.4, 0.5) is 0 Å². The van der Waals surface area contributed by atoms with E-state index in [1.165, 1.54) is 6.42 Å². The number of hydrogen-bond donors (Lipinski definition) is 0. The molecule has 0 spiro atoms. The van der Waals surface area contributed by atoms with Crippen LogP contribution in [0.15, 0.2) is 0 Å². The Morgan fingerprint density at radius 1 is 1.07 bits per heavy atom. The highest BCUT2D eigenvalue weighted by Crippen LogP contribution is 2.86. The van der Waals surface area contributed by atoms with Gasteiger partial charge in [0.15, 0.2) is 0 Å². The van der Waals surface area contributed by atoms with Crippen molar-refractivity contribution in [3.05, 3.63) is 0 Å². The highest BCUT2D eigenvalue weighted by Gasteiger charge is 2.87. The maximum absolute atomic E-state index is 12.1. The van der Waals surface area contributed by atoms with Crippen molar-refractivity contribution in [1.82, 2.24) is 0 Å².